The lowest BCUT2D eigenvalue weighted by Gasteiger charge is -2.37. The number of rotatable bonds is 7. The summed E-state index contributed by atoms with van der Waals surface area (Å²) in [7, 11) is 0. The first-order valence-electron chi connectivity index (χ1n) is 12.2. The van der Waals surface area contributed by atoms with Crippen LogP contribution in [0.2, 0.25) is 0 Å². The van der Waals surface area contributed by atoms with E-state index in [1.807, 2.05) is 26.0 Å². The van der Waals surface area contributed by atoms with Crippen molar-refractivity contribution in [3.05, 3.63) is 36.3 Å². The number of nitrogen functional groups attached to an aromatic ring is 1. The molecule has 2 aromatic rings. The molecule has 13 heteroatoms. The van der Waals surface area contributed by atoms with Crippen LogP contribution >= 0.6 is 17.1 Å². The van der Waals surface area contributed by atoms with Crippen LogP contribution in [-0.2, 0) is 35.1 Å². The van der Waals surface area contributed by atoms with E-state index in [-0.39, 0.29) is 17.5 Å². The van der Waals surface area contributed by atoms with Crippen molar-refractivity contribution in [3.8, 4) is 6.26 Å². The molecular weight excluding hydrogens is 533 g/mol. The van der Waals surface area contributed by atoms with Gasteiger partial charge in [-0.25, -0.2) is 9.50 Å². The molecule has 2 aliphatic heterocycles. The minimum absolute atomic E-state index is 0.00379. The predicted octanol–water partition coefficient (Wildman–Crippen LogP) is 4.88. The average Bonchev–Trinajstić information content (AvgIpc) is 3.47. The molecule has 10 nitrogen and oxygen atoms in total. The van der Waals surface area contributed by atoms with E-state index in [9.17, 15) is 5.26 Å². The summed E-state index contributed by atoms with van der Waals surface area (Å²) in [6, 6.07) is 3.68. The fraction of sp³-hybridized carbons (Fsp3) is 0.625. The van der Waals surface area contributed by atoms with Crippen LogP contribution in [0.1, 0.15) is 58.8 Å². The van der Waals surface area contributed by atoms with E-state index < -0.39 is 29.8 Å². The molecule has 2 aromatic heterocycles. The van der Waals surface area contributed by atoms with Crippen molar-refractivity contribution >= 4 is 40.2 Å². The summed E-state index contributed by atoms with van der Waals surface area (Å²) < 4.78 is 32.2. The lowest BCUT2D eigenvalue weighted by atomic mass is 9.77. The molecule has 1 saturated carbocycles. The van der Waals surface area contributed by atoms with Crippen LogP contribution in [0.3, 0.4) is 0 Å². The molecule has 4 heterocycles. The van der Waals surface area contributed by atoms with E-state index in [1.54, 1.807) is 22.2 Å². The summed E-state index contributed by atoms with van der Waals surface area (Å²) in [5.74, 6) is -0.160. The van der Waals surface area contributed by atoms with Crippen LogP contribution in [0.5, 0.6) is 0 Å². The summed E-state index contributed by atoms with van der Waals surface area (Å²) in [6.45, 7) is 12.1. The summed E-state index contributed by atoms with van der Waals surface area (Å²) >= 11 is 7.55. The van der Waals surface area contributed by atoms with Crippen LogP contribution in [0.15, 0.2) is 30.6 Å². The van der Waals surface area contributed by atoms with E-state index >= 15 is 0 Å². The van der Waals surface area contributed by atoms with Gasteiger partial charge in [0.05, 0.1) is 18.4 Å². The van der Waals surface area contributed by atoms with Crippen LogP contribution in [0, 0.1) is 17.4 Å². The number of ether oxygens (including phenoxy) is 3. The maximum absolute atomic E-state index is 9.47. The van der Waals surface area contributed by atoms with Crippen LogP contribution in [-0.4, -0.2) is 50.1 Å². The number of fused-ring (bicyclic) bond motifs is 2. The minimum Gasteiger partial charge on any atom is -0.419 e. The Bertz CT molecular complexity index is 1300. The van der Waals surface area contributed by atoms with Crippen molar-refractivity contribution in [2.75, 3.05) is 12.3 Å². The number of nitriles is 1. The highest BCUT2D eigenvalue weighted by Crippen LogP contribution is 2.75. The maximum Gasteiger partial charge on any atom is 0.286 e. The topological polar surface area (TPSA) is 126 Å². The van der Waals surface area contributed by atoms with Crippen LogP contribution < -0.4 is 5.73 Å². The molecule has 2 saturated heterocycles. The summed E-state index contributed by atoms with van der Waals surface area (Å²) in [6.07, 6.45) is 4.06. The van der Waals surface area contributed by atoms with Gasteiger partial charge in [0.2, 0.25) is 5.69 Å². The molecule has 200 valence electrons. The Hall–Kier alpha value is -1.71. The fourth-order valence-electron chi connectivity index (χ4n) is 5.35. The Morgan fingerprint density at radius 1 is 1.43 bits per heavy atom. The Morgan fingerprint density at radius 2 is 2.22 bits per heavy atom. The van der Waals surface area contributed by atoms with E-state index in [4.69, 9.17) is 40.8 Å². The van der Waals surface area contributed by atoms with Gasteiger partial charge >= 0.3 is 0 Å². The van der Waals surface area contributed by atoms with Gasteiger partial charge in [0.1, 0.15) is 24.1 Å². The molecular formula is C24H32N5O5PS2. The first-order valence-corrected chi connectivity index (χ1v) is 16.3. The second kappa shape index (κ2) is 9.79. The van der Waals surface area contributed by atoms with Crippen molar-refractivity contribution in [3.63, 3.8) is 0 Å². The molecule has 0 bridgehead atoms. The minimum atomic E-state index is -2.68. The first-order chi connectivity index (χ1) is 17.4. The van der Waals surface area contributed by atoms with Crippen molar-refractivity contribution in [1.82, 2.24) is 14.6 Å². The van der Waals surface area contributed by atoms with E-state index in [1.165, 1.54) is 11.9 Å². The Morgan fingerprint density at radius 3 is 2.95 bits per heavy atom. The Kier molecular flexibility index (Phi) is 7.12. The van der Waals surface area contributed by atoms with Crippen LogP contribution in [0.25, 0.3) is 5.52 Å². The third-order valence-corrected chi connectivity index (χ3v) is 13.2. The zero-order valence-corrected chi connectivity index (χ0v) is 23.9. The second-order valence-electron chi connectivity index (χ2n) is 10.5. The zero-order valence-electron chi connectivity index (χ0n) is 21.3. The number of hydrogen-bond donors (Lipinski definition) is 1. The molecule has 7 atom stereocenters. The molecule has 3 fully saturated rings. The Labute approximate surface area is 225 Å². The van der Waals surface area contributed by atoms with Gasteiger partial charge in [-0.05, 0) is 76.8 Å². The highest BCUT2D eigenvalue weighted by Gasteiger charge is 2.54. The highest BCUT2D eigenvalue weighted by atomic mass is 32.9. The third-order valence-electron chi connectivity index (χ3n) is 7.34. The van der Waals surface area contributed by atoms with Crippen LogP contribution in [0.4, 0.5) is 5.82 Å². The average molecular weight is 566 g/mol. The molecule has 0 amide bonds. The molecule has 0 unspecified atom stereocenters. The first kappa shape index (κ1) is 26.9. The highest BCUT2D eigenvalue weighted by molar-refractivity contribution is 8.68. The van der Waals surface area contributed by atoms with Gasteiger partial charge < -0.3 is 29.0 Å². The smallest absolute Gasteiger partial charge is 0.286 e. The largest absolute Gasteiger partial charge is 0.419 e. The van der Waals surface area contributed by atoms with E-state index in [0.717, 1.165) is 19.3 Å². The van der Waals surface area contributed by atoms with Gasteiger partial charge in [0.25, 0.3) is 6.26 Å². The van der Waals surface area contributed by atoms with Gasteiger partial charge in [-0.1, -0.05) is 23.5 Å². The van der Waals surface area contributed by atoms with E-state index in [0.29, 0.717) is 22.9 Å². The molecule has 1 aliphatic carbocycles. The van der Waals surface area contributed by atoms with Gasteiger partial charge in [-0.2, -0.15) is 10.4 Å². The molecule has 0 aromatic carbocycles. The molecule has 0 spiro atoms. The number of nitrogens with zero attached hydrogens (tertiary/aromatic N) is 4. The molecule has 0 radical (unpaired) electrons. The van der Waals surface area contributed by atoms with Gasteiger partial charge in [-0.3, -0.25) is 0 Å². The van der Waals surface area contributed by atoms with Crippen molar-refractivity contribution in [2.45, 2.75) is 81.9 Å². The normalized spacial score (nSPS) is 35.6. The zero-order chi connectivity index (χ0) is 26.6. The number of hydrogen-bond acceptors (Lipinski definition) is 11. The quantitative estimate of drug-likeness (QED) is 0.280. The molecule has 37 heavy (non-hydrogen) atoms. The lowest BCUT2D eigenvalue weighted by molar-refractivity contribution is -0.157. The maximum atomic E-state index is 9.47. The van der Waals surface area contributed by atoms with Crippen molar-refractivity contribution < 1.29 is 23.3 Å². The number of anilines is 1. The van der Waals surface area contributed by atoms with Gasteiger partial charge in [-0.15, -0.1) is 0 Å². The lowest BCUT2D eigenvalue weighted by Crippen LogP contribution is -2.39. The standard InChI is InChI=1S/C24H32N5O5PS2/c1-14(2)15-8-9-24(5)19(10-15)34-35(36,37-24)31-11-18(30-12-25)21-20(32-23(3,4)33-21)16-6-7-17-22(26)27-13-28-29(16)17/h6-7,13,15,18-21H,1,8-11H2,2-5H3,(H2,26,27,28)/t15-,18+,19+,20-,21+,24+,35-/m0/s1. The third kappa shape index (κ3) is 5.15. The van der Waals surface area contributed by atoms with Gasteiger partial charge in [0, 0.05) is 4.75 Å². The number of nitrogens with two attached hydrogens (primary N) is 1. The molecule has 3 aliphatic rings. The van der Waals surface area contributed by atoms with E-state index in [2.05, 4.69) is 30.5 Å². The Balaban J connectivity index is 1.36. The van der Waals surface area contributed by atoms with Crippen molar-refractivity contribution in [1.29, 1.82) is 5.26 Å². The predicted molar refractivity (Wildman–Crippen MR) is 144 cm³/mol. The number of allylic oxidation sites excluding steroid dienone is 1. The fourth-order valence-corrected chi connectivity index (χ4v) is 12.5. The van der Waals surface area contributed by atoms with Crippen molar-refractivity contribution in [2.24, 2.45) is 5.92 Å². The summed E-state index contributed by atoms with van der Waals surface area (Å²) in [4.78, 5) is 4.05. The summed E-state index contributed by atoms with van der Waals surface area (Å²) in [5, 5.41) is 13.8. The SMILES string of the molecule is C=C(C)[C@H]1CC[C@@]2(C)S[P@@](=S)(OC[C@@H](OC#N)[C@H]3OC(C)(C)O[C@H]3c3ccc4c(N)ncnn34)O[C@@H]2C1. The molecule has 2 N–H and O–H groups in total. The monoisotopic (exact) mass is 565 g/mol. The number of aromatic nitrogens is 3. The molecule has 5 rings (SSSR count). The second-order valence-corrected chi connectivity index (χ2v) is 17.1. The summed E-state index contributed by atoms with van der Waals surface area (Å²) in [5.41, 5.74) is 5.86. The van der Waals surface area contributed by atoms with Gasteiger partial charge in [0.15, 0.2) is 17.7 Å².